The number of rotatable bonds is 2. The first-order valence-corrected chi connectivity index (χ1v) is 5.71. The van der Waals surface area contributed by atoms with Crippen LogP contribution in [-0.2, 0) is 4.74 Å². The highest BCUT2D eigenvalue weighted by Gasteiger charge is 2.22. The third-order valence-corrected chi connectivity index (χ3v) is 2.90. The van der Waals surface area contributed by atoms with Crippen LogP contribution in [0.4, 0.5) is 5.69 Å². The maximum absolute atomic E-state index is 5.97. The van der Waals surface area contributed by atoms with Crippen molar-refractivity contribution in [1.82, 2.24) is 10.2 Å². The molecule has 0 saturated carbocycles. The third-order valence-electron chi connectivity index (χ3n) is 2.44. The molecule has 1 aliphatic rings. The summed E-state index contributed by atoms with van der Waals surface area (Å²) in [5.74, 6) is 0. The summed E-state index contributed by atoms with van der Waals surface area (Å²) in [6.07, 6.45) is 0.0248. The Morgan fingerprint density at radius 1 is 1.50 bits per heavy atom. The van der Waals surface area contributed by atoms with Gasteiger partial charge in [-0.05, 0) is 0 Å². The highest BCUT2D eigenvalue weighted by atomic mass is 35.5. The van der Waals surface area contributed by atoms with Gasteiger partial charge in [0.05, 0.1) is 18.4 Å². The van der Waals surface area contributed by atoms with Crippen molar-refractivity contribution in [3.05, 3.63) is 16.4 Å². The molecule has 16 heavy (non-hydrogen) atoms. The summed E-state index contributed by atoms with van der Waals surface area (Å²) in [7, 11) is 0. The summed E-state index contributed by atoms with van der Waals surface area (Å²) in [6.45, 7) is 2.55. The molecule has 2 heterocycles. The zero-order valence-corrected chi connectivity index (χ0v) is 10.1. The van der Waals surface area contributed by atoms with Crippen LogP contribution >= 0.6 is 23.2 Å². The smallest absolute Gasteiger partial charge is 0.175 e. The maximum Gasteiger partial charge on any atom is 0.175 e. The average molecular weight is 263 g/mol. The van der Waals surface area contributed by atoms with Crippen molar-refractivity contribution in [3.8, 4) is 0 Å². The quantitative estimate of drug-likeness (QED) is 0.860. The number of hydrogen-bond acceptors (Lipinski definition) is 5. The zero-order chi connectivity index (χ0) is 11.5. The van der Waals surface area contributed by atoms with Crippen molar-refractivity contribution >= 4 is 28.9 Å². The van der Waals surface area contributed by atoms with Gasteiger partial charge in [0.15, 0.2) is 10.3 Å². The molecule has 2 rings (SSSR count). The molecule has 0 aromatic carbocycles. The number of aromatic nitrogens is 2. The Labute approximate surface area is 103 Å². The molecule has 7 heteroatoms. The van der Waals surface area contributed by atoms with Gasteiger partial charge in [0.1, 0.15) is 0 Å². The summed E-state index contributed by atoms with van der Waals surface area (Å²) in [6, 6.07) is 1.70. The summed E-state index contributed by atoms with van der Waals surface area (Å²) in [5.41, 5.74) is 6.35. The van der Waals surface area contributed by atoms with Gasteiger partial charge in [0.2, 0.25) is 0 Å². The number of nitrogens with two attached hydrogens (primary N) is 1. The number of halogens is 2. The molecule has 1 aliphatic heterocycles. The van der Waals surface area contributed by atoms with Crippen LogP contribution in [0.25, 0.3) is 0 Å². The van der Waals surface area contributed by atoms with E-state index in [1.54, 1.807) is 6.07 Å². The predicted molar refractivity (Wildman–Crippen MR) is 63.1 cm³/mol. The molecule has 1 unspecified atom stereocenters. The van der Waals surface area contributed by atoms with Crippen LogP contribution in [0.5, 0.6) is 0 Å². The molecular weight excluding hydrogens is 251 g/mol. The maximum atomic E-state index is 5.97. The Morgan fingerprint density at radius 3 is 3.06 bits per heavy atom. The lowest BCUT2D eigenvalue weighted by Crippen LogP contribution is -2.45. The SMILES string of the molecule is NCC1CN(c2cc(Cl)nnc2Cl)CCO1. The molecule has 5 nitrogen and oxygen atoms in total. The van der Waals surface area contributed by atoms with Crippen LogP contribution in [-0.4, -0.2) is 42.5 Å². The first-order valence-electron chi connectivity index (χ1n) is 4.96. The van der Waals surface area contributed by atoms with Gasteiger partial charge in [-0.15, -0.1) is 10.2 Å². The number of ether oxygens (including phenoxy) is 1. The fourth-order valence-electron chi connectivity index (χ4n) is 1.65. The Hall–Kier alpha value is -0.620. The molecule has 0 radical (unpaired) electrons. The van der Waals surface area contributed by atoms with Gasteiger partial charge in [0, 0.05) is 25.7 Å². The molecule has 2 N–H and O–H groups in total. The second-order valence-corrected chi connectivity index (χ2v) is 4.26. The molecule has 0 aliphatic carbocycles. The Bertz CT molecular complexity index is 377. The molecule has 1 fully saturated rings. The number of anilines is 1. The lowest BCUT2D eigenvalue weighted by Gasteiger charge is -2.34. The van der Waals surface area contributed by atoms with E-state index in [-0.39, 0.29) is 6.10 Å². The summed E-state index contributed by atoms with van der Waals surface area (Å²) in [5, 5.41) is 8.13. The lowest BCUT2D eigenvalue weighted by atomic mass is 10.2. The van der Waals surface area contributed by atoms with Gasteiger partial charge in [-0.2, -0.15) is 0 Å². The molecule has 1 aromatic rings. The summed E-state index contributed by atoms with van der Waals surface area (Å²) >= 11 is 11.8. The summed E-state index contributed by atoms with van der Waals surface area (Å²) < 4.78 is 5.47. The van der Waals surface area contributed by atoms with Crippen LogP contribution in [0.15, 0.2) is 6.07 Å². The molecule has 0 bridgehead atoms. The van der Waals surface area contributed by atoms with Crippen molar-refractivity contribution in [2.45, 2.75) is 6.10 Å². The van der Waals surface area contributed by atoms with Crippen LogP contribution in [0.3, 0.4) is 0 Å². The van der Waals surface area contributed by atoms with Crippen molar-refractivity contribution < 1.29 is 4.74 Å². The normalized spacial score (nSPS) is 21.2. The molecule has 0 spiro atoms. The zero-order valence-electron chi connectivity index (χ0n) is 8.57. The van der Waals surface area contributed by atoms with Gasteiger partial charge >= 0.3 is 0 Å². The van der Waals surface area contributed by atoms with E-state index in [0.717, 1.165) is 12.2 Å². The predicted octanol–water partition coefficient (Wildman–Crippen LogP) is 0.947. The fourth-order valence-corrected chi connectivity index (χ4v) is 2.00. The minimum atomic E-state index is 0.0248. The number of nitrogens with zero attached hydrogens (tertiary/aromatic N) is 3. The van der Waals surface area contributed by atoms with Crippen LogP contribution < -0.4 is 10.6 Å². The van der Waals surface area contributed by atoms with E-state index in [1.165, 1.54) is 0 Å². The third kappa shape index (κ3) is 2.55. The van der Waals surface area contributed by atoms with E-state index in [9.17, 15) is 0 Å². The van der Waals surface area contributed by atoms with E-state index in [2.05, 4.69) is 15.1 Å². The molecule has 1 saturated heterocycles. The Balaban J connectivity index is 2.19. The van der Waals surface area contributed by atoms with E-state index in [4.69, 9.17) is 33.7 Å². The summed E-state index contributed by atoms with van der Waals surface area (Å²) in [4.78, 5) is 2.06. The van der Waals surface area contributed by atoms with Gasteiger partial charge < -0.3 is 15.4 Å². The van der Waals surface area contributed by atoms with Crippen molar-refractivity contribution in [3.63, 3.8) is 0 Å². The first-order chi connectivity index (χ1) is 7.70. The van der Waals surface area contributed by atoms with Gasteiger partial charge in [0.25, 0.3) is 0 Å². The van der Waals surface area contributed by atoms with Crippen LogP contribution in [0.1, 0.15) is 0 Å². The van der Waals surface area contributed by atoms with E-state index in [0.29, 0.717) is 30.0 Å². The largest absolute Gasteiger partial charge is 0.373 e. The van der Waals surface area contributed by atoms with Crippen molar-refractivity contribution in [2.75, 3.05) is 31.1 Å². The average Bonchev–Trinajstić information content (AvgIpc) is 2.32. The van der Waals surface area contributed by atoms with Gasteiger partial charge in [-0.3, -0.25) is 0 Å². The fraction of sp³-hybridized carbons (Fsp3) is 0.556. The Kier molecular flexibility index (Phi) is 3.81. The molecule has 1 aromatic heterocycles. The number of hydrogen-bond donors (Lipinski definition) is 1. The molecule has 88 valence electrons. The van der Waals surface area contributed by atoms with Crippen molar-refractivity contribution in [2.24, 2.45) is 5.73 Å². The standard InChI is InChI=1S/C9H12Cl2N4O/c10-8-3-7(9(11)14-13-8)15-1-2-16-6(4-12)5-15/h3,6H,1-2,4-5,12H2. The van der Waals surface area contributed by atoms with Gasteiger partial charge in [-0.1, -0.05) is 23.2 Å². The highest BCUT2D eigenvalue weighted by molar-refractivity contribution is 6.33. The van der Waals surface area contributed by atoms with E-state index in [1.807, 2.05) is 0 Å². The van der Waals surface area contributed by atoms with E-state index < -0.39 is 0 Å². The highest BCUT2D eigenvalue weighted by Crippen LogP contribution is 2.26. The second-order valence-electron chi connectivity index (χ2n) is 3.52. The lowest BCUT2D eigenvalue weighted by molar-refractivity contribution is 0.0465. The van der Waals surface area contributed by atoms with Gasteiger partial charge in [-0.25, -0.2) is 0 Å². The van der Waals surface area contributed by atoms with Crippen LogP contribution in [0, 0.1) is 0 Å². The molecule has 1 atom stereocenters. The number of morpholine rings is 1. The minimum absolute atomic E-state index is 0.0248. The Morgan fingerprint density at radius 2 is 2.31 bits per heavy atom. The van der Waals surface area contributed by atoms with Crippen molar-refractivity contribution in [1.29, 1.82) is 0 Å². The monoisotopic (exact) mass is 262 g/mol. The first kappa shape index (κ1) is 11.9. The van der Waals surface area contributed by atoms with Crippen LogP contribution in [0.2, 0.25) is 10.3 Å². The molecular formula is C9H12Cl2N4O. The topological polar surface area (TPSA) is 64.3 Å². The van der Waals surface area contributed by atoms with E-state index >= 15 is 0 Å². The second kappa shape index (κ2) is 5.14. The minimum Gasteiger partial charge on any atom is -0.373 e. The molecule has 0 amide bonds.